The van der Waals surface area contributed by atoms with Gasteiger partial charge >= 0.3 is 6.09 Å². The number of thiazole rings is 1. The third kappa shape index (κ3) is 6.93. The number of anilines is 1. The molecule has 0 aliphatic carbocycles. The summed E-state index contributed by atoms with van der Waals surface area (Å²) < 4.78 is 5.34. The summed E-state index contributed by atoms with van der Waals surface area (Å²) in [7, 11) is 0. The summed E-state index contributed by atoms with van der Waals surface area (Å²) in [5, 5.41) is 8.60. The smallest absolute Gasteiger partial charge is 0.408 e. The average molecular weight is 438 g/mol. The van der Waals surface area contributed by atoms with E-state index in [0.29, 0.717) is 12.1 Å². The van der Waals surface area contributed by atoms with Crippen LogP contribution in [0.1, 0.15) is 31.3 Å². The molecule has 2 N–H and O–H groups in total. The Balaban J connectivity index is 1.71. The fraction of sp³-hybridized carbons (Fsp3) is 0.292. The number of carbonyl (C=O) groups is 2. The summed E-state index contributed by atoms with van der Waals surface area (Å²) in [5.41, 5.74) is 2.82. The second kappa shape index (κ2) is 9.75. The molecule has 2 aromatic carbocycles. The van der Waals surface area contributed by atoms with E-state index in [-0.39, 0.29) is 5.91 Å². The zero-order valence-electron chi connectivity index (χ0n) is 18.1. The van der Waals surface area contributed by atoms with Gasteiger partial charge in [-0.05, 0) is 45.4 Å². The molecule has 0 aliphatic rings. The van der Waals surface area contributed by atoms with Crippen molar-refractivity contribution in [2.75, 3.05) is 5.32 Å². The molecular formula is C24H27N3O3S. The van der Waals surface area contributed by atoms with Crippen LogP contribution in [0, 0.1) is 6.92 Å². The molecule has 6 nitrogen and oxygen atoms in total. The lowest BCUT2D eigenvalue weighted by Crippen LogP contribution is -2.47. The van der Waals surface area contributed by atoms with Crippen molar-refractivity contribution in [2.45, 2.75) is 45.8 Å². The maximum absolute atomic E-state index is 13.0. The number of benzene rings is 2. The highest BCUT2D eigenvalue weighted by Gasteiger charge is 2.25. The first-order valence-corrected chi connectivity index (χ1v) is 10.9. The second-order valence-electron chi connectivity index (χ2n) is 8.21. The minimum atomic E-state index is -0.780. The summed E-state index contributed by atoms with van der Waals surface area (Å²) in [6.45, 7) is 7.31. The Morgan fingerprint density at radius 3 is 2.32 bits per heavy atom. The lowest BCUT2D eigenvalue weighted by molar-refractivity contribution is -0.118. The fourth-order valence-corrected chi connectivity index (χ4v) is 3.58. The number of carbonyl (C=O) groups excluding carboxylic acids is 2. The van der Waals surface area contributed by atoms with E-state index in [1.807, 2.05) is 66.9 Å². The summed E-state index contributed by atoms with van der Waals surface area (Å²) >= 11 is 1.60. The van der Waals surface area contributed by atoms with Crippen LogP contribution in [0.4, 0.5) is 10.5 Å². The minimum Gasteiger partial charge on any atom is -0.444 e. The van der Waals surface area contributed by atoms with Gasteiger partial charge in [-0.2, -0.15) is 0 Å². The number of rotatable bonds is 6. The Labute approximate surface area is 186 Å². The molecule has 1 atom stereocenters. The number of aryl methyl sites for hydroxylation is 1. The number of aromatic nitrogens is 1. The van der Waals surface area contributed by atoms with Gasteiger partial charge in [0.1, 0.15) is 11.6 Å². The summed E-state index contributed by atoms with van der Waals surface area (Å²) in [6.07, 6.45) is -0.278. The highest BCUT2D eigenvalue weighted by molar-refractivity contribution is 7.09. The van der Waals surface area contributed by atoms with Crippen LogP contribution in [0.5, 0.6) is 0 Å². The standard InChI is InChI=1S/C24H27N3O3S/c1-16-25-21(15-31-16)18-10-12-19(13-11-18)26-22(28)20(14-17-8-6-5-7-9-17)27-23(29)30-24(2,3)4/h5-13,15,20H,14H2,1-4H3,(H,26,28)(H,27,29)/t20-/m0/s1. The number of hydrogen-bond donors (Lipinski definition) is 2. The predicted octanol–water partition coefficient (Wildman–Crippen LogP) is 5.19. The Morgan fingerprint density at radius 1 is 1.06 bits per heavy atom. The molecule has 1 heterocycles. The summed E-state index contributed by atoms with van der Waals surface area (Å²) in [4.78, 5) is 29.8. The first-order chi connectivity index (χ1) is 14.7. The molecule has 0 saturated carbocycles. The van der Waals surface area contributed by atoms with Crippen LogP contribution in [-0.4, -0.2) is 28.6 Å². The molecule has 0 bridgehead atoms. The van der Waals surface area contributed by atoms with Crippen molar-refractivity contribution in [3.05, 3.63) is 70.5 Å². The summed E-state index contributed by atoms with van der Waals surface area (Å²) in [6, 6.07) is 16.2. The van der Waals surface area contributed by atoms with Crippen LogP contribution in [0.3, 0.4) is 0 Å². The van der Waals surface area contributed by atoms with Gasteiger partial charge in [-0.3, -0.25) is 4.79 Å². The van der Waals surface area contributed by atoms with Crippen molar-refractivity contribution >= 4 is 29.0 Å². The van der Waals surface area contributed by atoms with Crippen molar-refractivity contribution in [3.63, 3.8) is 0 Å². The molecule has 3 aromatic rings. The maximum Gasteiger partial charge on any atom is 0.408 e. The first kappa shape index (κ1) is 22.5. The van der Waals surface area contributed by atoms with Crippen LogP contribution in [0.25, 0.3) is 11.3 Å². The van der Waals surface area contributed by atoms with Crippen molar-refractivity contribution in [1.29, 1.82) is 0 Å². The van der Waals surface area contributed by atoms with E-state index in [2.05, 4.69) is 15.6 Å². The molecule has 0 unspecified atom stereocenters. The molecule has 0 saturated heterocycles. The van der Waals surface area contributed by atoms with E-state index < -0.39 is 17.7 Å². The zero-order chi connectivity index (χ0) is 22.4. The average Bonchev–Trinajstić information content (AvgIpc) is 3.14. The largest absolute Gasteiger partial charge is 0.444 e. The normalized spacial score (nSPS) is 12.1. The quantitative estimate of drug-likeness (QED) is 0.556. The van der Waals surface area contributed by atoms with Gasteiger partial charge in [0.15, 0.2) is 0 Å². The Hall–Kier alpha value is -3.19. The first-order valence-electron chi connectivity index (χ1n) is 10.1. The van der Waals surface area contributed by atoms with Crippen molar-refractivity contribution in [2.24, 2.45) is 0 Å². The highest BCUT2D eigenvalue weighted by atomic mass is 32.1. The van der Waals surface area contributed by atoms with Gasteiger partial charge in [-0.25, -0.2) is 9.78 Å². The molecular weight excluding hydrogens is 410 g/mol. The number of hydrogen-bond acceptors (Lipinski definition) is 5. The van der Waals surface area contributed by atoms with E-state index >= 15 is 0 Å². The van der Waals surface area contributed by atoms with E-state index in [1.54, 1.807) is 32.1 Å². The lowest BCUT2D eigenvalue weighted by atomic mass is 10.1. The molecule has 0 spiro atoms. The van der Waals surface area contributed by atoms with Crippen LogP contribution in [0.15, 0.2) is 60.0 Å². The molecule has 0 radical (unpaired) electrons. The van der Waals surface area contributed by atoms with E-state index in [4.69, 9.17) is 4.74 Å². The highest BCUT2D eigenvalue weighted by Crippen LogP contribution is 2.23. The third-order valence-electron chi connectivity index (χ3n) is 4.36. The number of ether oxygens (including phenoxy) is 1. The van der Waals surface area contributed by atoms with Crippen LogP contribution >= 0.6 is 11.3 Å². The molecule has 31 heavy (non-hydrogen) atoms. The molecule has 1 aromatic heterocycles. The van der Waals surface area contributed by atoms with Gasteiger partial charge in [-0.15, -0.1) is 11.3 Å². The van der Waals surface area contributed by atoms with Gasteiger partial charge in [-0.1, -0.05) is 42.5 Å². The minimum absolute atomic E-state index is 0.313. The molecule has 2 amide bonds. The third-order valence-corrected chi connectivity index (χ3v) is 5.13. The predicted molar refractivity (Wildman–Crippen MR) is 124 cm³/mol. The molecule has 0 fully saturated rings. The topological polar surface area (TPSA) is 80.3 Å². The number of amides is 2. The lowest BCUT2D eigenvalue weighted by Gasteiger charge is -2.23. The van der Waals surface area contributed by atoms with Gasteiger partial charge in [0.05, 0.1) is 10.7 Å². The van der Waals surface area contributed by atoms with Crippen LogP contribution in [-0.2, 0) is 16.0 Å². The monoisotopic (exact) mass is 437 g/mol. The van der Waals surface area contributed by atoms with Crippen molar-refractivity contribution < 1.29 is 14.3 Å². The maximum atomic E-state index is 13.0. The summed E-state index contributed by atoms with van der Waals surface area (Å²) in [5.74, 6) is -0.313. The van der Waals surface area contributed by atoms with E-state index in [1.165, 1.54) is 0 Å². The van der Waals surface area contributed by atoms with Gasteiger partial charge in [0.25, 0.3) is 0 Å². The van der Waals surface area contributed by atoms with Crippen molar-refractivity contribution in [1.82, 2.24) is 10.3 Å². The molecule has 162 valence electrons. The SMILES string of the molecule is Cc1nc(-c2ccc(NC(=O)[C@H](Cc3ccccc3)NC(=O)OC(C)(C)C)cc2)cs1. The fourth-order valence-electron chi connectivity index (χ4n) is 2.96. The molecule has 0 aliphatic heterocycles. The number of nitrogens with one attached hydrogen (secondary N) is 2. The number of alkyl carbamates (subject to hydrolysis) is 1. The zero-order valence-corrected chi connectivity index (χ0v) is 19.0. The van der Waals surface area contributed by atoms with Gasteiger partial charge in [0.2, 0.25) is 5.91 Å². The Morgan fingerprint density at radius 2 is 1.74 bits per heavy atom. The van der Waals surface area contributed by atoms with Gasteiger partial charge < -0.3 is 15.4 Å². The second-order valence-corrected chi connectivity index (χ2v) is 9.27. The number of nitrogens with zero attached hydrogens (tertiary/aromatic N) is 1. The van der Waals surface area contributed by atoms with Crippen LogP contribution < -0.4 is 10.6 Å². The molecule has 7 heteroatoms. The van der Waals surface area contributed by atoms with Crippen LogP contribution in [0.2, 0.25) is 0 Å². The Bertz CT molecular complexity index is 1020. The Kier molecular flexibility index (Phi) is 7.07. The van der Waals surface area contributed by atoms with Crippen molar-refractivity contribution in [3.8, 4) is 11.3 Å². The molecule has 3 rings (SSSR count). The van der Waals surface area contributed by atoms with E-state index in [0.717, 1.165) is 21.8 Å². The van der Waals surface area contributed by atoms with Gasteiger partial charge in [0, 0.05) is 23.1 Å². The van der Waals surface area contributed by atoms with E-state index in [9.17, 15) is 9.59 Å².